The Labute approximate surface area is 178 Å². The van der Waals surface area contributed by atoms with Crippen LogP contribution in [-0.4, -0.2) is 34.6 Å². The van der Waals surface area contributed by atoms with Crippen LogP contribution in [0.15, 0.2) is 54.6 Å². The lowest BCUT2D eigenvalue weighted by Gasteiger charge is -2.13. The Bertz CT molecular complexity index is 1190. The van der Waals surface area contributed by atoms with Gasteiger partial charge in [-0.3, -0.25) is 0 Å². The molecule has 4 aromatic rings. The molecule has 0 aliphatic carbocycles. The molecule has 0 fully saturated rings. The molecule has 6 heteroatoms. The summed E-state index contributed by atoms with van der Waals surface area (Å²) in [6.07, 6.45) is 0. The topological polar surface area (TPSA) is 45.5 Å². The molecule has 0 atom stereocenters. The average molecular weight is 425 g/mol. The predicted molar refractivity (Wildman–Crippen MR) is 121 cm³/mol. The van der Waals surface area contributed by atoms with Crippen molar-refractivity contribution in [1.29, 1.82) is 0 Å². The summed E-state index contributed by atoms with van der Waals surface area (Å²) in [6.45, 7) is 0.563. The first-order chi connectivity index (χ1) is 13.9. The molecule has 2 aromatic heterocycles. The maximum atomic E-state index is 12.0. The molecule has 0 spiro atoms. The zero-order valence-electron chi connectivity index (χ0n) is 16.4. The van der Waals surface area contributed by atoms with Crippen LogP contribution in [0.3, 0.4) is 0 Å². The highest BCUT2D eigenvalue weighted by molar-refractivity contribution is 7.21. The van der Waals surface area contributed by atoms with Crippen molar-refractivity contribution in [2.24, 2.45) is 7.05 Å². The van der Waals surface area contributed by atoms with Gasteiger partial charge in [0.15, 0.2) is 0 Å². The lowest BCUT2D eigenvalue weighted by molar-refractivity contribution is 0.0700. The Morgan fingerprint density at radius 1 is 1.07 bits per heavy atom. The van der Waals surface area contributed by atoms with E-state index in [9.17, 15) is 9.90 Å². The van der Waals surface area contributed by atoms with Crippen molar-refractivity contribution in [1.82, 2.24) is 9.47 Å². The maximum Gasteiger partial charge on any atom is 0.346 e. The van der Waals surface area contributed by atoms with Crippen LogP contribution >= 0.6 is 22.9 Å². The summed E-state index contributed by atoms with van der Waals surface area (Å²) < 4.78 is 3.13. The number of carbonyl (C=O) groups is 1. The molecule has 0 saturated carbocycles. The minimum absolute atomic E-state index is 0.402. The van der Waals surface area contributed by atoms with Crippen LogP contribution in [0.5, 0.6) is 0 Å². The minimum atomic E-state index is -0.880. The maximum absolute atomic E-state index is 12.0. The van der Waals surface area contributed by atoms with E-state index in [1.807, 2.05) is 68.5 Å². The molecular weight excluding hydrogens is 404 g/mol. The third-order valence-corrected chi connectivity index (χ3v) is 6.44. The van der Waals surface area contributed by atoms with Gasteiger partial charge in [-0.05, 0) is 37.4 Å². The van der Waals surface area contributed by atoms with Crippen LogP contribution in [0.2, 0.25) is 5.02 Å². The molecule has 0 aliphatic rings. The third-order valence-electron chi connectivity index (χ3n) is 4.96. The fourth-order valence-electron chi connectivity index (χ4n) is 3.82. The number of fused-ring (bicyclic) bond motifs is 1. The average Bonchev–Trinajstić information content (AvgIpc) is 3.18. The van der Waals surface area contributed by atoms with E-state index in [0.717, 1.165) is 38.2 Å². The van der Waals surface area contributed by atoms with E-state index < -0.39 is 5.97 Å². The van der Waals surface area contributed by atoms with Crippen molar-refractivity contribution in [2.45, 2.75) is 6.54 Å². The van der Waals surface area contributed by atoms with E-state index in [0.29, 0.717) is 16.4 Å². The van der Waals surface area contributed by atoms with Crippen molar-refractivity contribution in [3.05, 3.63) is 70.1 Å². The van der Waals surface area contributed by atoms with Gasteiger partial charge < -0.3 is 14.6 Å². The lowest BCUT2D eigenvalue weighted by atomic mass is 10.0. The number of thiophene rings is 1. The van der Waals surface area contributed by atoms with Crippen LogP contribution in [0.4, 0.5) is 0 Å². The van der Waals surface area contributed by atoms with Crippen molar-refractivity contribution in [2.75, 3.05) is 14.1 Å². The zero-order valence-corrected chi connectivity index (χ0v) is 18.0. The summed E-state index contributed by atoms with van der Waals surface area (Å²) in [4.78, 5) is 14.4. The molecule has 0 aliphatic heterocycles. The molecular formula is C23H21ClN2O2S. The van der Waals surface area contributed by atoms with Gasteiger partial charge in [-0.15, -0.1) is 11.3 Å². The van der Waals surface area contributed by atoms with Crippen LogP contribution in [0, 0.1) is 0 Å². The summed E-state index contributed by atoms with van der Waals surface area (Å²) in [6, 6.07) is 17.9. The number of benzene rings is 2. The summed E-state index contributed by atoms with van der Waals surface area (Å²) in [7, 11) is 5.92. The summed E-state index contributed by atoms with van der Waals surface area (Å²) >= 11 is 7.47. The third kappa shape index (κ3) is 3.46. The standard InChI is InChI=1S/C23H21ClN2O2S/c1-25(2)13-17-20-22(29-21(17)23(27)28)18(14-7-5-4-6-8-14)19(26(20)3)15-9-11-16(24)12-10-15/h4-12H,13H2,1-3H3,(H,27,28). The van der Waals surface area contributed by atoms with Gasteiger partial charge in [0, 0.05) is 29.7 Å². The molecule has 0 radical (unpaired) electrons. The van der Waals surface area contributed by atoms with Crippen LogP contribution < -0.4 is 0 Å². The van der Waals surface area contributed by atoms with E-state index in [1.54, 1.807) is 0 Å². The van der Waals surface area contributed by atoms with Crippen molar-refractivity contribution in [3.8, 4) is 22.4 Å². The van der Waals surface area contributed by atoms with Gasteiger partial charge in [0.2, 0.25) is 0 Å². The Balaban J connectivity index is 2.12. The van der Waals surface area contributed by atoms with Gasteiger partial charge >= 0.3 is 5.97 Å². The summed E-state index contributed by atoms with van der Waals surface area (Å²) in [5, 5.41) is 10.5. The number of aromatic nitrogens is 1. The predicted octanol–water partition coefficient (Wildman–Crippen LogP) is 5.99. The van der Waals surface area contributed by atoms with Gasteiger partial charge in [0.1, 0.15) is 4.88 Å². The number of aromatic carboxylic acids is 1. The van der Waals surface area contributed by atoms with Crippen LogP contribution in [-0.2, 0) is 13.6 Å². The molecule has 148 valence electrons. The number of carboxylic acid groups (broad SMARTS) is 1. The van der Waals surface area contributed by atoms with Crippen LogP contribution in [0.25, 0.3) is 32.6 Å². The first-order valence-corrected chi connectivity index (χ1v) is 10.4. The van der Waals surface area contributed by atoms with E-state index >= 15 is 0 Å². The first-order valence-electron chi connectivity index (χ1n) is 9.22. The van der Waals surface area contributed by atoms with E-state index in [-0.39, 0.29) is 0 Å². The quantitative estimate of drug-likeness (QED) is 0.428. The number of rotatable bonds is 5. The smallest absolute Gasteiger partial charge is 0.346 e. The highest BCUT2D eigenvalue weighted by atomic mass is 35.5. The molecule has 29 heavy (non-hydrogen) atoms. The molecule has 0 amide bonds. The Morgan fingerprint density at radius 2 is 1.72 bits per heavy atom. The number of nitrogens with zero attached hydrogens (tertiary/aromatic N) is 2. The Hall–Kier alpha value is -2.60. The highest BCUT2D eigenvalue weighted by Crippen LogP contribution is 2.46. The second-order valence-electron chi connectivity index (χ2n) is 7.29. The first kappa shape index (κ1) is 19.7. The number of carboxylic acids is 1. The molecule has 1 N–H and O–H groups in total. The lowest BCUT2D eigenvalue weighted by Crippen LogP contribution is -2.13. The van der Waals surface area contributed by atoms with E-state index in [1.165, 1.54) is 11.3 Å². The Morgan fingerprint density at radius 3 is 2.31 bits per heavy atom. The zero-order chi connectivity index (χ0) is 20.7. The van der Waals surface area contributed by atoms with Gasteiger partial charge in [0.25, 0.3) is 0 Å². The van der Waals surface area contributed by atoms with E-state index in [4.69, 9.17) is 11.6 Å². The normalized spacial score (nSPS) is 11.5. The van der Waals surface area contributed by atoms with Gasteiger partial charge in [0.05, 0.1) is 15.9 Å². The number of hydrogen-bond acceptors (Lipinski definition) is 3. The van der Waals surface area contributed by atoms with E-state index in [2.05, 4.69) is 16.7 Å². The van der Waals surface area contributed by atoms with Gasteiger partial charge in [-0.25, -0.2) is 4.79 Å². The Kier molecular flexibility index (Phi) is 5.21. The fourth-order valence-corrected chi connectivity index (χ4v) is 5.20. The molecule has 4 nitrogen and oxygen atoms in total. The number of aryl methyl sites for hydroxylation is 1. The molecule has 0 saturated heterocycles. The second kappa shape index (κ2) is 7.67. The molecule has 4 rings (SSSR count). The summed E-state index contributed by atoms with van der Waals surface area (Å²) in [5.41, 5.74) is 6.06. The van der Waals surface area contributed by atoms with Crippen molar-refractivity contribution >= 4 is 39.1 Å². The SMILES string of the molecule is CN(C)Cc1c(C(=O)O)sc2c(-c3ccccc3)c(-c3ccc(Cl)cc3)n(C)c12. The largest absolute Gasteiger partial charge is 0.477 e. The minimum Gasteiger partial charge on any atom is -0.477 e. The second-order valence-corrected chi connectivity index (χ2v) is 8.74. The molecule has 2 heterocycles. The molecule has 0 unspecified atom stereocenters. The summed E-state index contributed by atoms with van der Waals surface area (Å²) in [5.74, 6) is -0.880. The van der Waals surface area contributed by atoms with Gasteiger partial charge in [-0.2, -0.15) is 0 Å². The number of hydrogen-bond donors (Lipinski definition) is 1. The number of halogens is 1. The van der Waals surface area contributed by atoms with Crippen LogP contribution in [0.1, 0.15) is 15.2 Å². The highest BCUT2D eigenvalue weighted by Gasteiger charge is 2.27. The monoisotopic (exact) mass is 424 g/mol. The molecule has 2 aromatic carbocycles. The van der Waals surface area contributed by atoms with Crippen molar-refractivity contribution < 1.29 is 9.90 Å². The van der Waals surface area contributed by atoms with Crippen molar-refractivity contribution in [3.63, 3.8) is 0 Å². The molecule has 0 bridgehead atoms. The fraction of sp³-hybridized carbons (Fsp3) is 0.174. The van der Waals surface area contributed by atoms with Gasteiger partial charge in [-0.1, -0.05) is 54.1 Å².